The number of rotatable bonds is 7. The Kier molecular flexibility index (Phi) is 6.07. The van der Waals surface area contributed by atoms with Gasteiger partial charge in [0.1, 0.15) is 5.82 Å². The Bertz CT molecular complexity index is 566. The molecular weight excluding hydrogens is 283 g/mol. The van der Waals surface area contributed by atoms with Crippen molar-refractivity contribution >= 4 is 10.0 Å². The molecule has 0 fully saturated rings. The molecule has 0 saturated heterocycles. The van der Waals surface area contributed by atoms with E-state index in [4.69, 9.17) is 5.26 Å². The number of aliphatic hydroxyl groups is 1. The monoisotopic (exact) mass is 300 g/mol. The summed E-state index contributed by atoms with van der Waals surface area (Å²) in [6.45, 7) is 1.52. The molecule has 1 rings (SSSR count). The molecule has 110 valence electrons. The molecule has 0 saturated carbocycles. The van der Waals surface area contributed by atoms with Gasteiger partial charge in [0.05, 0.1) is 17.9 Å². The van der Waals surface area contributed by atoms with Crippen molar-refractivity contribution < 1.29 is 17.9 Å². The highest BCUT2D eigenvalue weighted by atomic mass is 32.2. The molecule has 1 aromatic rings. The second-order valence-corrected chi connectivity index (χ2v) is 6.36. The molecule has 0 radical (unpaired) electrons. The van der Waals surface area contributed by atoms with Crippen molar-refractivity contribution in [1.82, 2.24) is 4.72 Å². The number of nitriles is 1. The van der Waals surface area contributed by atoms with E-state index in [1.165, 1.54) is 31.2 Å². The molecule has 5 nitrogen and oxygen atoms in total. The molecule has 0 aliphatic carbocycles. The molecule has 0 aliphatic rings. The van der Waals surface area contributed by atoms with Crippen molar-refractivity contribution in [3.63, 3.8) is 0 Å². The zero-order valence-corrected chi connectivity index (χ0v) is 11.9. The molecule has 0 bridgehead atoms. The predicted molar refractivity (Wildman–Crippen MR) is 72.6 cm³/mol. The number of aliphatic hydroxyl groups excluding tert-OH is 1. The second-order valence-electron chi connectivity index (χ2n) is 4.48. The topological polar surface area (TPSA) is 90.2 Å². The first-order valence-corrected chi connectivity index (χ1v) is 7.81. The summed E-state index contributed by atoms with van der Waals surface area (Å²) in [5.74, 6) is -0.591. The van der Waals surface area contributed by atoms with Gasteiger partial charge in [0.15, 0.2) is 0 Å². The van der Waals surface area contributed by atoms with Crippen LogP contribution in [0.5, 0.6) is 0 Å². The minimum absolute atomic E-state index is 0.163. The maximum absolute atomic E-state index is 12.8. The van der Waals surface area contributed by atoms with Crippen LogP contribution in [-0.2, 0) is 10.0 Å². The Morgan fingerprint density at radius 2 is 2.00 bits per heavy atom. The molecule has 7 heteroatoms. The van der Waals surface area contributed by atoms with Crippen LogP contribution in [0.4, 0.5) is 4.39 Å². The Hall–Kier alpha value is -1.49. The summed E-state index contributed by atoms with van der Waals surface area (Å²) in [4.78, 5) is 0. The molecule has 20 heavy (non-hydrogen) atoms. The van der Waals surface area contributed by atoms with Gasteiger partial charge >= 0.3 is 0 Å². The third kappa shape index (κ3) is 5.25. The minimum atomic E-state index is -3.55. The van der Waals surface area contributed by atoms with Crippen molar-refractivity contribution in [1.29, 1.82) is 5.26 Å². The Morgan fingerprint density at radius 3 is 2.55 bits per heavy atom. The zero-order chi connectivity index (χ0) is 15.2. The Balaban J connectivity index is 2.63. The van der Waals surface area contributed by atoms with Crippen LogP contribution in [0, 0.1) is 17.1 Å². The van der Waals surface area contributed by atoms with Crippen molar-refractivity contribution in [2.75, 3.05) is 5.75 Å². The highest BCUT2D eigenvalue weighted by Gasteiger charge is 2.21. The lowest BCUT2D eigenvalue weighted by atomic mass is 10.0. The molecule has 2 N–H and O–H groups in total. The average molecular weight is 300 g/mol. The highest BCUT2D eigenvalue weighted by Crippen LogP contribution is 2.17. The standard InChI is InChI=1S/C13H17FN2O3S/c1-10(16-20(18,19)9-3-2-8-15)13(17)11-4-6-12(14)7-5-11/h4-7,10,13,16-17H,2-3,9H2,1H3. The Labute approximate surface area is 118 Å². The largest absolute Gasteiger partial charge is 0.387 e. The average Bonchev–Trinajstić information content (AvgIpc) is 2.38. The van der Waals surface area contributed by atoms with E-state index >= 15 is 0 Å². The molecule has 0 amide bonds. The van der Waals surface area contributed by atoms with Crippen molar-refractivity contribution in [2.24, 2.45) is 0 Å². The van der Waals surface area contributed by atoms with Gasteiger partial charge in [0.2, 0.25) is 10.0 Å². The van der Waals surface area contributed by atoms with Crippen LogP contribution >= 0.6 is 0 Å². The summed E-state index contributed by atoms with van der Waals surface area (Å²) >= 11 is 0. The predicted octanol–water partition coefficient (Wildman–Crippen LogP) is 1.47. The van der Waals surface area contributed by atoms with Gasteiger partial charge in [-0.2, -0.15) is 5.26 Å². The van der Waals surface area contributed by atoms with E-state index in [2.05, 4.69) is 4.72 Å². The van der Waals surface area contributed by atoms with Crippen LogP contribution in [0.3, 0.4) is 0 Å². The zero-order valence-electron chi connectivity index (χ0n) is 11.1. The van der Waals surface area contributed by atoms with Gasteiger partial charge in [-0.1, -0.05) is 12.1 Å². The quantitative estimate of drug-likeness (QED) is 0.746. The van der Waals surface area contributed by atoms with Gasteiger partial charge in [-0.3, -0.25) is 0 Å². The number of hydrogen-bond donors (Lipinski definition) is 2. The van der Waals surface area contributed by atoms with Gasteiger partial charge in [-0.25, -0.2) is 17.5 Å². The van der Waals surface area contributed by atoms with E-state index < -0.39 is 28.0 Å². The minimum Gasteiger partial charge on any atom is -0.387 e. The normalized spacial score (nSPS) is 14.5. The lowest BCUT2D eigenvalue weighted by Gasteiger charge is -2.20. The first-order valence-electron chi connectivity index (χ1n) is 6.16. The number of nitrogens with one attached hydrogen (secondary N) is 1. The number of nitrogens with zero attached hydrogens (tertiary/aromatic N) is 1. The number of sulfonamides is 1. The molecule has 0 heterocycles. The van der Waals surface area contributed by atoms with E-state index in [1.54, 1.807) is 0 Å². The van der Waals surface area contributed by atoms with Gasteiger partial charge in [0.25, 0.3) is 0 Å². The van der Waals surface area contributed by atoms with Crippen LogP contribution < -0.4 is 4.72 Å². The summed E-state index contributed by atoms with van der Waals surface area (Å²) < 4.78 is 38.6. The fourth-order valence-corrected chi connectivity index (χ4v) is 3.03. The van der Waals surface area contributed by atoms with E-state index in [0.29, 0.717) is 5.56 Å². The van der Waals surface area contributed by atoms with Crippen molar-refractivity contribution in [2.45, 2.75) is 31.9 Å². The molecule has 2 unspecified atom stereocenters. The van der Waals surface area contributed by atoms with Crippen LogP contribution in [0.15, 0.2) is 24.3 Å². The first-order chi connectivity index (χ1) is 9.35. The maximum Gasteiger partial charge on any atom is 0.211 e. The summed E-state index contributed by atoms with van der Waals surface area (Å²) in [6, 6.07) is 6.34. The van der Waals surface area contributed by atoms with E-state index in [1.807, 2.05) is 6.07 Å². The van der Waals surface area contributed by atoms with Crippen molar-refractivity contribution in [3.05, 3.63) is 35.6 Å². The fourth-order valence-electron chi connectivity index (χ4n) is 1.70. The van der Waals surface area contributed by atoms with Gasteiger partial charge in [0, 0.05) is 12.5 Å². The third-order valence-corrected chi connectivity index (χ3v) is 4.31. The lowest BCUT2D eigenvalue weighted by Crippen LogP contribution is -2.38. The molecule has 0 aromatic heterocycles. The number of halogens is 1. The molecule has 2 atom stereocenters. The van der Waals surface area contributed by atoms with Crippen LogP contribution in [0.2, 0.25) is 0 Å². The number of hydrogen-bond acceptors (Lipinski definition) is 4. The summed E-state index contributed by atoms with van der Waals surface area (Å²) in [5.41, 5.74) is 0.429. The lowest BCUT2D eigenvalue weighted by molar-refractivity contribution is 0.146. The van der Waals surface area contributed by atoms with Gasteiger partial charge < -0.3 is 5.11 Å². The van der Waals surface area contributed by atoms with Crippen LogP contribution in [0.1, 0.15) is 31.4 Å². The molecule has 0 aliphatic heterocycles. The van der Waals surface area contributed by atoms with E-state index in [0.717, 1.165) is 0 Å². The maximum atomic E-state index is 12.8. The highest BCUT2D eigenvalue weighted by molar-refractivity contribution is 7.89. The van der Waals surface area contributed by atoms with Crippen LogP contribution in [0.25, 0.3) is 0 Å². The van der Waals surface area contributed by atoms with Crippen LogP contribution in [-0.4, -0.2) is 25.3 Å². The first kappa shape index (κ1) is 16.6. The second kappa shape index (κ2) is 7.33. The third-order valence-electron chi connectivity index (χ3n) is 2.75. The summed E-state index contributed by atoms with van der Waals surface area (Å²) in [6.07, 6.45) is -0.664. The van der Waals surface area contributed by atoms with Gasteiger partial charge in [-0.05, 0) is 31.0 Å². The summed E-state index contributed by atoms with van der Waals surface area (Å²) in [7, 11) is -3.55. The molecule has 0 spiro atoms. The molecule has 1 aromatic carbocycles. The summed E-state index contributed by atoms with van der Waals surface area (Å²) in [5, 5.41) is 18.4. The Morgan fingerprint density at radius 1 is 1.40 bits per heavy atom. The fraction of sp³-hybridized carbons (Fsp3) is 0.462. The van der Waals surface area contributed by atoms with E-state index in [-0.39, 0.29) is 18.6 Å². The number of benzene rings is 1. The molecular formula is C13H17FN2O3S. The number of unbranched alkanes of at least 4 members (excludes halogenated alkanes) is 1. The van der Waals surface area contributed by atoms with Crippen molar-refractivity contribution in [3.8, 4) is 6.07 Å². The van der Waals surface area contributed by atoms with Gasteiger partial charge in [-0.15, -0.1) is 0 Å². The smallest absolute Gasteiger partial charge is 0.211 e. The SMILES string of the molecule is CC(NS(=O)(=O)CCCC#N)C(O)c1ccc(F)cc1. The van der Waals surface area contributed by atoms with E-state index in [9.17, 15) is 17.9 Å².